The molecule has 0 aromatic heterocycles. The number of rotatable bonds is 5. The number of aliphatic hydroxyl groups is 2. The van der Waals surface area contributed by atoms with Crippen LogP contribution in [-0.2, 0) is 10.3 Å². The molecule has 2 N–H and O–H groups in total. The van der Waals surface area contributed by atoms with Gasteiger partial charge in [0.1, 0.15) is 0 Å². The van der Waals surface area contributed by atoms with E-state index in [0.29, 0.717) is 6.42 Å². The monoisotopic (exact) mass is 210 g/mol. The van der Waals surface area contributed by atoms with Gasteiger partial charge in [0.15, 0.2) is 0 Å². The minimum absolute atomic E-state index is 0.244. The smallest absolute Gasteiger partial charge is 0.0925 e. The second-order valence-electron chi connectivity index (χ2n) is 3.84. The largest absolute Gasteiger partial charge is 0.394 e. The predicted molar refractivity (Wildman–Crippen MR) is 58.5 cm³/mol. The summed E-state index contributed by atoms with van der Waals surface area (Å²) < 4.78 is 5.43. The van der Waals surface area contributed by atoms with E-state index in [-0.39, 0.29) is 6.61 Å². The van der Waals surface area contributed by atoms with Gasteiger partial charge in [-0.25, -0.2) is 0 Å². The van der Waals surface area contributed by atoms with Crippen LogP contribution >= 0.6 is 0 Å². The van der Waals surface area contributed by atoms with Crippen molar-refractivity contribution in [2.75, 3.05) is 13.7 Å². The van der Waals surface area contributed by atoms with Crippen molar-refractivity contribution in [1.29, 1.82) is 0 Å². The molecule has 0 heterocycles. The minimum atomic E-state index is -0.754. The van der Waals surface area contributed by atoms with Gasteiger partial charge in [0, 0.05) is 13.5 Å². The predicted octanol–water partition coefficient (Wildman–Crippen LogP) is 1.29. The summed E-state index contributed by atoms with van der Waals surface area (Å²) >= 11 is 0. The first kappa shape index (κ1) is 12.2. The van der Waals surface area contributed by atoms with Crippen molar-refractivity contribution in [2.24, 2.45) is 0 Å². The average Bonchev–Trinajstić information content (AvgIpc) is 2.30. The van der Waals surface area contributed by atoms with Gasteiger partial charge in [-0.15, -0.1) is 0 Å². The number of ether oxygens (including phenoxy) is 1. The van der Waals surface area contributed by atoms with Gasteiger partial charge < -0.3 is 14.9 Å². The Morgan fingerprint density at radius 3 is 2.40 bits per heavy atom. The molecule has 0 aliphatic carbocycles. The number of hydrogen-bond donors (Lipinski definition) is 2. The fourth-order valence-electron chi connectivity index (χ4n) is 1.62. The number of aliphatic hydroxyl groups excluding tert-OH is 2. The Labute approximate surface area is 90.3 Å². The lowest BCUT2D eigenvalue weighted by atomic mass is 9.90. The zero-order chi connectivity index (χ0) is 11.3. The van der Waals surface area contributed by atoms with Crippen LogP contribution in [0.3, 0.4) is 0 Å². The molecule has 0 aliphatic rings. The van der Waals surface area contributed by atoms with Crippen LogP contribution in [-0.4, -0.2) is 30.0 Å². The van der Waals surface area contributed by atoms with Gasteiger partial charge in [0.25, 0.3) is 0 Å². The summed E-state index contributed by atoms with van der Waals surface area (Å²) in [6.45, 7) is 1.66. The molecule has 0 fully saturated rings. The van der Waals surface area contributed by atoms with Crippen LogP contribution in [0.2, 0.25) is 0 Å². The Bertz CT molecular complexity index is 286. The van der Waals surface area contributed by atoms with E-state index in [1.807, 2.05) is 37.3 Å². The Balaban J connectivity index is 2.85. The molecule has 0 amide bonds. The summed E-state index contributed by atoms with van der Waals surface area (Å²) in [6.07, 6.45) is -0.376. The second kappa shape index (κ2) is 5.26. The third-order valence-corrected chi connectivity index (χ3v) is 2.67. The number of methoxy groups -OCH3 is 1. The third kappa shape index (κ3) is 3.02. The van der Waals surface area contributed by atoms with E-state index >= 15 is 0 Å². The Morgan fingerprint density at radius 1 is 1.33 bits per heavy atom. The van der Waals surface area contributed by atoms with Crippen LogP contribution in [0.1, 0.15) is 18.9 Å². The highest BCUT2D eigenvalue weighted by atomic mass is 16.5. The van der Waals surface area contributed by atoms with Crippen molar-refractivity contribution in [2.45, 2.75) is 25.0 Å². The molecule has 1 rings (SSSR count). The second-order valence-corrected chi connectivity index (χ2v) is 3.84. The molecule has 3 heteroatoms. The normalized spacial score (nSPS) is 17.1. The molecule has 1 aromatic carbocycles. The Kier molecular flexibility index (Phi) is 4.27. The molecule has 15 heavy (non-hydrogen) atoms. The topological polar surface area (TPSA) is 49.7 Å². The molecule has 84 valence electrons. The van der Waals surface area contributed by atoms with Crippen molar-refractivity contribution in [1.82, 2.24) is 0 Å². The summed E-state index contributed by atoms with van der Waals surface area (Å²) in [6, 6.07) is 9.69. The lowest BCUT2D eigenvalue weighted by molar-refractivity contribution is -0.0488. The van der Waals surface area contributed by atoms with Crippen molar-refractivity contribution >= 4 is 0 Å². The third-order valence-electron chi connectivity index (χ3n) is 2.67. The molecule has 1 aromatic rings. The number of hydrogen-bond acceptors (Lipinski definition) is 3. The Morgan fingerprint density at radius 2 is 1.93 bits per heavy atom. The van der Waals surface area contributed by atoms with E-state index in [0.717, 1.165) is 5.56 Å². The first-order chi connectivity index (χ1) is 7.12. The van der Waals surface area contributed by atoms with Crippen LogP contribution in [0.15, 0.2) is 30.3 Å². The molecule has 2 atom stereocenters. The van der Waals surface area contributed by atoms with Crippen LogP contribution in [0.4, 0.5) is 0 Å². The minimum Gasteiger partial charge on any atom is -0.394 e. The maximum atomic E-state index is 9.46. The quantitative estimate of drug-likeness (QED) is 0.770. The van der Waals surface area contributed by atoms with E-state index in [9.17, 15) is 5.11 Å². The first-order valence-corrected chi connectivity index (χ1v) is 5.02. The highest BCUT2D eigenvalue weighted by molar-refractivity contribution is 5.21. The zero-order valence-corrected chi connectivity index (χ0v) is 9.18. The lowest BCUT2D eigenvalue weighted by Gasteiger charge is -2.30. The van der Waals surface area contributed by atoms with Crippen LogP contribution in [0.25, 0.3) is 0 Å². The summed E-state index contributed by atoms with van der Waals surface area (Å²) in [5.74, 6) is 0. The standard InChI is InChI=1S/C12H18O3/c1-12(15-2,8-11(14)9-13)10-6-4-3-5-7-10/h3-7,11,13-14H,8-9H2,1-2H3/t11-,12+/m0/s1. The SMILES string of the molecule is CO[C@](C)(C[C@H](O)CO)c1ccccc1. The molecule has 0 aliphatic heterocycles. The van der Waals surface area contributed by atoms with Crippen molar-refractivity contribution in [3.05, 3.63) is 35.9 Å². The lowest BCUT2D eigenvalue weighted by Crippen LogP contribution is -2.31. The van der Waals surface area contributed by atoms with Crippen LogP contribution in [0.5, 0.6) is 0 Å². The molecule has 0 saturated carbocycles. The van der Waals surface area contributed by atoms with Crippen molar-refractivity contribution in [3.8, 4) is 0 Å². The summed E-state index contributed by atoms with van der Waals surface area (Å²) in [5, 5.41) is 18.3. The zero-order valence-electron chi connectivity index (χ0n) is 9.18. The molecular formula is C12H18O3. The molecule has 0 spiro atoms. The molecule has 0 unspecified atom stereocenters. The average molecular weight is 210 g/mol. The maximum absolute atomic E-state index is 9.46. The van der Waals surface area contributed by atoms with E-state index in [2.05, 4.69) is 0 Å². The van der Waals surface area contributed by atoms with Gasteiger partial charge in [-0.05, 0) is 12.5 Å². The summed E-state index contributed by atoms with van der Waals surface area (Å²) in [5.41, 5.74) is 0.448. The summed E-state index contributed by atoms with van der Waals surface area (Å²) in [4.78, 5) is 0. The summed E-state index contributed by atoms with van der Waals surface area (Å²) in [7, 11) is 1.61. The molecular weight excluding hydrogens is 192 g/mol. The molecule has 3 nitrogen and oxygen atoms in total. The first-order valence-electron chi connectivity index (χ1n) is 5.02. The van der Waals surface area contributed by atoms with Crippen LogP contribution < -0.4 is 0 Å². The molecule has 0 radical (unpaired) electrons. The van der Waals surface area contributed by atoms with E-state index in [1.165, 1.54) is 0 Å². The highest BCUT2D eigenvalue weighted by Gasteiger charge is 2.28. The van der Waals surface area contributed by atoms with Gasteiger partial charge >= 0.3 is 0 Å². The van der Waals surface area contributed by atoms with Gasteiger partial charge in [0.05, 0.1) is 18.3 Å². The Hall–Kier alpha value is -0.900. The van der Waals surface area contributed by atoms with Crippen LogP contribution in [0, 0.1) is 0 Å². The molecule has 0 saturated heterocycles. The van der Waals surface area contributed by atoms with Crippen molar-refractivity contribution in [3.63, 3.8) is 0 Å². The number of benzene rings is 1. The van der Waals surface area contributed by atoms with Crippen molar-refractivity contribution < 1.29 is 14.9 Å². The highest BCUT2D eigenvalue weighted by Crippen LogP contribution is 2.29. The van der Waals surface area contributed by atoms with Gasteiger partial charge in [0.2, 0.25) is 0 Å². The van der Waals surface area contributed by atoms with Gasteiger partial charge in [-0.3, -0.25) is 0 Å². The fraction of sp³-hybridized carbons (Fsp3) is 0.500. The molecule has 0 bridgehead atoms. The van der Waals surface area contributed by atoms with E-state index < -0.39 is 11.7 Å². The fourth-order valence-corrected chi connectivity index (χ4v) is 1.62. The van der Waals surface area contributed by atoms with Gasteiger partial charge in [-0.2, -0.15) is 0 Å². The maximum Gasteiger partial charge on any atom is 0.0925 e. The van der Waals surface area contributed by atoms with E-state index in [4.69, 9.17) is 9.84 Å². The van der Waals surface area contributed by atoms with E-state index in [1.54, 1.807) is 7.11 Å². The van der Waals surface area contributed by atoms with Gasteiger partial charge in [-0.1, -0.05) is 30.3 Å².